The van der Waals surface area contributed by atoms with Crippen molar-refractivity contribution in [3.63, 3.8) is 0 Å². The Balaban J connectivity index is 2.73. The van der Waals surface area contributed by atoms with E-state index in [-0.39, 0.29) is 0 Å². The molecule has 0 saturated heterocycles. The highest BCUT2D eigenvalue weighted by atomic mass is 14.4. The second-order valence-electron chi connectivity index (χ2n) is 4.65. The third-order valence-electron chi connectivity index (χ3n) is 3.73. The molecule has 1 fully saturated rings. The Kier molecular flexibility index (Phi) is 2.98. The predicted octanol–water partition coefficient (Wildman–Crippen LogP) is 4.17. The van der Waals surface area contributed by atoms with Crippen LogP contribution in [0.25, 0.3) is 0 Å². The molecule has 0 nitrogen and oxygen atoms in total. The fourth-order valence-electron chi connectivity index (χ4n) is 2.66. The molecular weight excluding hydrogens is 144 g/mol. The van der Waals surface area contributed by atoms with Crippen LogP contribution in [-0.4, -0.2) is 0 Å². The van der Waals surface area contributed by atoms with E-state index in [0.717, 1.165) is 5.92 Å². The highest BCUT2D eigenvalue weighted by molar-refractivity contribution is 5.04. The molecule has 0 heterocycles. The quantitative estimate of drug-likeness (QED) is 0.540. The fraction of sp³-hybridized carbons (Fsp3) is 0.833. The van der Waals surface area contributed by atoms with Gasteiger partial charge in [0.2, 0.25) is 0 Å². The average Bonchev–Trinajstić information content (AvgIpc) is 2.05. The average molecular weight is 166 g/mol. The monoisotopic (exact) mass is 166 g/mol. The van der Waals surface area contributed by atoms with Gasteiger partial charge in [-0.2, -0.15) is 0 Å². The van der Waals surface area contributed by atoms with Gasteiger partial charge in [-0.05, 0) is 31.1 Å². The van der Waals surface area contributed by atoms with Crippen LogP contribution < -0.4 is 0 Å². The normalized spacial score (nSPS) is 36.4. The van der Waals surface area contributed by atoms with Gasteiger partial charge in [0, 0.05) is 0 Å². The Morgan fingerprint density at radius 2 is 2.17 bits per heavy atom. The first-order valence-electron chi connectivity index (χ1n) is 5.25. The van der Waals surface area contributed by atoms with E-state index in [4.69, 9.17) is 0 Å². The molecule has 0 N–H and O–H groups in total. The Morgan fingerprint density at radius 3 is 2.58 bits per heavy atom. The van der Waals surface area contributed by atoms with Crippen LogP contribution in [0.1, 0.15) is 52.9 Å². The van der Waals surface area contributed by atoms with Crippen LogP contribution >= 0.6 is 0 Å². The molecule has 0 radical (unpaired) electrons. The van der Waals surface area contributed by atoms with E-state index < -0.39 is 0 Å². The van der Waals surface area contributed by atoms with Crippen molar-refractivity contribution in [3.8, 4) is 0 Å². The van der Waals surface area contributed by atoms with Gasteiger partial charge >= 0.3 is 0 Å². The summed E-state index contributed by atoms with van der Waals surface area (Å²) in [6.07, 6.45) is 6.92. The minimum atomic E-state index is 0.560. The Hall–Kier alpha value is -0.260. The molecule has 1 saturated carbocycles. The third kappa shape index (κ3) is 1.73. The van der Waals surface area contributed by atoms with Crippen molar-refractivity contribution in [2.75, 3.05) is 0 Å². The Morgan fingerprint density at radius 1 is 1.50 bits per heavy atom. The van der Waals surface area contributed by atoms with Crippen molar-refractivity contribution in [2.45, 2.75) is 52.9 Å². The van der Waals surface area contributed by atoms with E-state index in [0.29, 0.717) is 5.41 Å². The van der Waals surface area contributed by atoms with Gasteiger partial charge in [-0.1, -0.05) is 45.3 Å². The lowest BCUT2D eigenvalue weighted by Gasteiger charge is -2.41. The molecule has 0 aromatic rings. The van der Waals surface area contributed by atoms with Gasteiger partial charge in [-0.25, -0.2) is 0 Å². The van der Waals surface area contributed by atoms with Crippen LogP contribution in [0.5, 0.6) is 0 Å². The van der Waals surface area contributed by atoms with Crippen molar-refractivity contribution in [1.82, 2.24) is 0 Å². The van der Waals surface area contributed by atoms with E-state index in [9.17, 15) is 0 Å². The van der Waals surface area contributed by atoms with Crippen molar-refractivity contribution in [3.05, 3.63) is 12.2 Å². The van der Waals surface area contributed by atoms with Crippen LogP contribution in [0.3, 0.4) is 0 Å². The molecule has 2 unspecified atom stereocenters. The maximum Gasteiger partial charge on any atom is -0.0155 e. The molecule has 1 aliphatic rings. The molecule has 1 aliphatic carbocycles. The Bertz CT molecular complexity index is 169. The van der Waals surface area contributed by atoms with Gasteiger partial charge in [-0.15, -0.1) is 0 Å². The number of rotatable bonds is 2. The summed E-state index contributed by atoms with van der Waals surface area (Å²) >= 11 is 0. The van der Waals surface area contributed by atoms with E-state index in [1.165, 1.54) is 37.7 Å². The van der Waals surface area contributed by atoms with Crippen LogP contribution in [0.2, 0.25) is 0 Å². The lowest BCUT2D eigenvalue weighted by molar-refractivity contribution is 0.138. The zero-order chi connectivity index (χ0) is 9.19. The molecule has 0 aliphatic heterocycles. The van der Waals surface area contributed by atoms with E-state index >= 15 is 0 Å². The van der Waals surface area contributed by atoms with E-state index in [1.807, 2.05) is 0 Å². The molecule has 12 heavy (non-hydrogen) atoms. The smallest absolute Gasteiger partial charge is 0.0155 e. The van der Waals surface area contributed by atoms with Crippen LogP contribution in [-0.2, 0) is 0 Å². The largest absolute Gasteiger partial charge is 0.0998 e. The summed E-state index contributed by atoms with van der Waals surface area (Å²) in [4.78, 5) is 0. The van der Waals surface area contributed by atoms with Crippen molar-refractivity contribution in [1.29, 1.82) is 0 Å². The first-order valence-corrected chi connectivity index (χ1v) is 5.25. The molecule has 0 amide bonds. The van der Waals surface area contributed by atoms with Crippen molar-refractivity contribution >= 4 is 0 Å². The second kappa shape index (κ2) is 3.64. The molecule has 0 spiro atoms. The molecule has 0 heteroatoms. The lowest BCUT2D eigenvalue weighted by atomic mass is 9.64. The number of hydrogen-bond acceptors (Lipinski definition) is 0. The summed E-state index contributed by atoms with van der Waals surface area (Å²) in [5, 5.41) is 0. The molecule has 0 bridgehead atoms. The lowest BCUT2D eigenvalue weighted by Crippen LogP contribution is -2.30. The predicted molar refractivity (Wildman–Crippen MR) is 55.2 cm³/mol. The molecular formula is C12H22. The summed E-state index contributed by atoms with van der Waals surface area (Å²) in [6.45, 7) is 11.1. The maximum absolute atomic E-state index is 4.12. The summed E-state index contributed by atoms with van der Waals surface area (Å²) in [5.41, 5.74) is 1.96. The van der Waals surface area contributed by atoms with E-state index in [2.05, 4.69) is 27.4 Å². The molecule has 70 valence electrons. The first kappa shape index (κ1) is 9.83. The van der Waals surface area contributed by atoms with Gasteiger partial charge in [0.15, 0.2) is 0 Å². The minimum absolute atomic E-state index is 0.560. The maximum atomic E-state index is 4.12. The molecule has 2 atom stereocenters. The molecule has 0 aromatic heterocycles. The summed E-state index contributed by atoms with van der Waals surface area (Å²) in [6, 6.07) is 0. The standard InChI is InChI=1S/C12H22/c1-5-12(4)9-7-6-8-11(12)10(2)3/h11H,2,5-9H2,1,3-4H3. The van der Waals surface area contributed by atoms with Gasteiger partial charge in [0.25, 0.3) is 0 Å². The molecule has 0 aromatic carbocycles. The number of allylic oxidation sites excluding steroid dienone is 1. The highest BCUT2D eigenvalue weighted by Crippen LogP contribution is 2.46. The molecule has 1 rings (SSSR count). The number of hydrogen-bond donors (Lipinski definition) is 0. The summed E-state index contributed by atoms with van der Waals surface area (Å²) in [5.74, 6) is 0.788. The SMILES string of the molecule is C=C(C)C1CCCCC1(C)CC. The fourth-order valence-corrected chi connectivity index (χ4v) is 2.66. The van der Waals surface area contributed by atoms with Crippen molar-refractivity contribution in [2.24, 2.45) is 11.3 Å². The summed E-state index contributed by atoms with van der Waals surface area (Å²) < 4.78 is 0. The van der Waals surface area contributed by atoms with Crippen LogP contribution in [0.4, 0.5) is 0 Å². The van der Waals surface area contributed by atoms with Gasteiger partial charge in [0.05, 0.1) is 0 Å². The van der Waals surface area contributed by atoms with Crippen LogP contribution in [0.15, 0.2) is 12.2 Å². The van der Waals surface area contributed by atoms with Gasteiger partial charge in [-0.3, -0.25) is 0 Å². The third-order valence-corrected chi connectivity index (χ3v) is 3.73. The van der Waals surface area contributed by atoms with Crippen LogP contribution in [0, 0.1) is 11.3 Å². The first-order chi connectivity index (χ1) is 5.60. The van der Waals surface area contributed by atoms with E-state index in [1.54, 1.807) is 0 Å². The highest BCUT2D eigenvalue weighted by Gasteiger charge is 2.34. The van der Waals surface area contributed by atoms with Gasteiger partial charge in [0.1, 0.15) is 0 Å². The zero-order valence-corrected chi connectivity index (χ0v) is 8.82. The van der Waals surface area contributed by atoms with Crippen molar-refractivity contribution < 1.29 is 0 Å². The Labute approximate surface area is 77.1 Å². The topological polar surface area (TPSA) is 0 Å². The second-order valence-corrected chi connectivity index (χ2v) is 4.65. The van der Waals surface area contributed by atoms with Gasteiger partial charge < -0.3 is 0 Å². The zero-order valence-electron chi connectivity index (χ0n) is 8.82. The minimum Gasteiger partial charge on any atom is -0.0998 e. The summed E-state index contributed by atoms with van der Waals surface area (Å²) in [7, 11) is 0.